The topological polar surface area (TPSA) is 118 Å². The van der Waals surface area contributed by atoms with Crippen LogP contribution in [0.4, 0.5) is 0 Å². The number of hydrogen-bond acceptors (Lipinski definition) is 5. The molecule has 7 nitrogen and oxygen atoms in total. The summed E-state index contributed by atoms with van der Waals surface area (Å²) < 4.78 is 34.5. The number of carbonyl (C=O) groups excluding carboxylic acids is 1. The Hall–Kier alpha value is -1.15. The van der Waals surface area contributed by atoms with Crippen molar-refractivity contribution in [3.8, 4) is 0 Å². The lowest BCUT2D eigenvalue weighted by Gasteiger charge is -2.26. The van der Waals surface area contributed by atoms with Crippen LogP contribution in [0.25, 0.3) is 0 Å². The van der Waals surface area contributed by atoms with Crippen molar-refractivity contribution in [1.29, 1.82) is 0 Å². The fraction of sp³-hybridized carbons (Fsp3) is 0.800. The molecule has 0 aromatic heterocycles. The number of rotatable bonds is 4. The van der Waals surface area contributed by atoms with E-state index >= 15 is 0 Å². The van der Waals surface area contributed by atoms with Crippen molar-refractivity contribution in [3.05, 3.63) is 0 Å². The molecule has 0 saturated heterocycles. The van der Waals surface area contributed by atoms with Crippen LogP contribution in [0.5, 0.6) is 0 Å². The van der Waals surface area contributed by atoms with E-state index < -0.39 is 39.8 Å². The molecule has 0 spiro atoms. The second-order valence-electron chi connectivity index (χ2n) is 4.94. The second-order valence-corrected chi connectivity index (χ2v) is 6.39. The minimum atomic E-state index is -4.40. The standard InChI is InChI=1S/C10H14O7S/c11-9(4-18(14,15)16)17-8-3-5-1-6(8)7(2-5)10(12)13/h5-8H,1-4H2,(H,12,13)(H,14,15,16). The molecule has 2 saturated carbocycles. The Labute approximate surface area is 104 Å². The molecular formula is C10H14O7S. The van der Waals surface area contributed by atoms with Crippen molar-refractivity contribution in [2.45, 2.75) is 25.4 Å². The summed E-state index contributed by atoms with van der Waals surface area (Å²) in [6.45, 7) is 0. The number of hydrogen-bond donors (Lipinski definition) is 2. The monoisotopic (exact) mass is 278 g/mol. The number of carboxylic acids is 1. The van der Waals surface area contributed by atoms with Crippen molar-refractivity contribution in [2.24, 2.45) is 17.8 Å². The third-order valence-corrected chi connectivity index (χ3v) is 4.25. The highest BCUT2D eigenvalue weighted by atomic mass is 32.2. The van der Waals surface area contributed by atoms with Gasteiger partial charge in [-0.3, -0.25) is 14.1 Å². The molecule has 0 amide bonds. The molecule has 0 aromatic rings. The maximum Gasteiger partial charge on any atom is 0.323 e. The Morgan fingerprint density at radius 2 is 1.89 bits per heavy atom. The Morgan fingerprint density at radius 3 is 2.39 bits per heavy atom. The number of ether oxygens (including phenoxy) is 1. The van der Waals surface area contributed by atoms with Gasteiger partial charge in [-0.05, 0) is 25.2 Å². The molecular weight excluding hydrogens is 264 g/mol. The van der Waals surface area contributed by atoms with Crippen LogP contribution in [0.1, 0.15) is 19.3 Å². The third-order valence-electron chi connectivity index (χ3n) is 3.65. The van der Waals surface area contributed by atoms with Crippen LogP contribution in [0.2, 0.25) is 0 Å². The molecule has 102 valence electrons. The molecule has 2 N–H and O–H groups in total. The van der Waals surface area contributed by atoms with Crippen LogP contribution in [-0.2, 0) is 24.4 Å². The van der Waals surface area contributed by atoms with Gasteiger partial charge in [0.1, 0.15) is 6.10 Å². The van der Waals surface area contributed by atoms with E-state index in [4.69, 9.17) is 14.4 Å². The smallest absolute Gasteiger partial charge is 0.323 e. The van der Waals surface area contributed by atoms with E-state index in [0.29, 0.717) is 19.3 Å². The predicted molar refractivity (Wildman–Crippen MR) is 58.3 cm³/mol. The highest BCUT2D eigenvalue weighted by Crippen LogP contribution is 2.49. The third kappa shape index (κ3) is 2.81. The van der Waals surface area contributed by atoms with Gasteiger partial charge in [0.05, 0.1) is 5.92 Å². The van der Waals surface area contributed by atoms with Crippen LogP contribution >= 0.6 is 0 Å². The molecule has 0 radical (unpaired) electrons. The van der Waals surface area contributed by atoms with Gasteiger partial charge in [0.15, 0.2) is 5.75 Å². The van der Waals surface area contributed by atoms with E-state index in [-0.39, 0.29) is 11.8 Å². The van der Waals surface area contributed by atoms with Gasteiger partial charge in [0.2, 0.25) is 0 Å². The summed E-state index contributed by atoms with van der Waals surface area (Å²) in [5.41, 5.74) is 0. The zero-order valence-electron chi connectivity index (χ0n) is 9.48. The van der Waals surface area contributed by atoms with Gasteiger partial charge in [0.25, 0.3) is 10.1 Å². The van der Waals surface area contributed by atoms with E-state index in [2.05, 4.69) is 0 Å². The van der Waals surface area contributed by atoms with Gasteiger partial charge >= 0.3 is 11.9 Å². The number of carboxylic acid groups (broad SMARTS) is 1. The summed E-state index contributed by atoms with van der Waals surface area (Å²) in [6, 6.07) is 0. The van der Waals surface area contributed by atoms with Gasteiger partial charge in [0, 0.05) is 5.92 Å². The maximum absolute atomic E-state index is 11.3. The van der Waals surface area contributed by atoms with Gasteiger partial charge in [-0.2, -0.15) is 8.42 Å². The van der Waals surface area contributed by atoms with Gasteiger partial charge in [-0.25, -0.2) is 0 Å². The first-order valence-corrected chi connectivity index (χ1v) is 7.24. The summed E-state index contributed by atoms with van der Waals surface area (Å²) in [7, 11) is -4.40. The van der Waals surface area contributed by atoms with E-state index in [1.54, 1.807) is 0 Å². The fourth-order valence-corrected chi connectivity index (χ4v) is 3.42. The van der Waals surface area contributed by atoms with E-state index in [1.807, 2.05) is 0 Å². The SMILES string of the molecule is O=C(CS(=O)(=O)O)OC1CC2CC(C(=O)O)C1C2. The van der Waals surface area contributed by atoms with Crippen LogP contribution in [0.3, 0.4) is 0 Å². The predicted octanol–water partition coefficient (Wildman–Crippen LogP) is -0.0833. The molecule has 2 bridgehead atoms. The van der Waals surface area contributed by atoms with Crippen molar-refractivity contribution in [2.75, 3.05) is 5.75 Å². The highest BCUT2D eigenvalue weighted by Gasteiger charge is 2.50. The number of carbonyl (C=O) groups is 2. The van der Waals surface area contributed by atoms with Gasteiger partial charge in [-0.15, -0.1) is 0 Å². The Bertz CT molecular complexity index is 469. The second kappa shape index (κ2) is 4.51. The molecule has 18 heavy (non-hydrogen) atoms. The molecule has 4 atom stereocenters. The molecule has 0 aliphatic heterocycles. The quantitative estimate of drug-likeness (QED) is 0.545. The lowest BCUT2D eigenvalue weighted by Crippen LogP contribution is -2.34. The maximum atomic E-state index is 11.3. The minimum Gasteiger partial charge on any atom is -0.481 e. The fourth-order valence-electron chi connectivity index (χ4n) is 3.06. The highest BCUT2D eigenvalue weighted by molar-refractivity contribution is 7.86. The Morgan fingerprint density at radius 1 is 1.22 bits per heavy atom. The molecule has 0 heterocycles. The molecule has 0 aromatic carbocycles. The molecule has 2 fully saturated rings. The van der Waals surface area contributed by atoms with Gasteiger partial charge in [-0.1, -0.05) is 0 Å². The number of fused-ring (bicyclic) bond motifs is 2. The van der Waals surface area contributed by atoms with E-state index in [1.165, 1.54) is 0 Å². The Balaban J connectivity index is 1.96. The first-order chi connectivity index (χ1) is 8.26. The lowest BCUT2D eigenvalue weighted by molar-refractivity contribution is -0.155. The van der Waals surface area contributed by atoms with Crippen LogP contribution < -0.4 is 0 Å². The Kier molecular flexibility index (Phi) is 3.33. The van der Waals surface area contributed by atoms with Crippen molar-refractivity contribution in [1.82, 2.24) is 0 Å². The van der Waals surface area contributed by atoms with Gasteiger partial charge < -0.3 is 9.84 Å². The zero-order valence-corrected chi connectivity index (χ0v) is 10.3. The number of esters is 1. The van der Waals surface area contributed by atoms with Crippen LogP contribution in [0.15, 0.2) is 0 Å². The molecule has 2 aliphatic carbocycles. The van der Waals surface area contributed by atoms with Crippen LogP contribution in [0, 0.1) is 17.8 Å². The molecule has 8 heteroatoms. The molecule has 2 rings (SSSR count). The molecule has 4 unspecified atom stereocenters. The van der Waals surface area contributed by atoms with Crippen molar-refractivity contribution in [3.63, 3.8) is 0 Å². The first kappa shape index (κ1) is 13.3. The molecule has 2 aliphatic rings. The van der Waals surface area contributed by atoms with E-state index in [9.17, 15) is 18.0 Å². The lowest BCUT2D eigenvalue weighted by atomic mass is 9.87. The summed E-state index contributed by atoms with van der Waals surface area (Å²) >= 11 is 0. The van der Waals surface area contributed by atoms with Crippen molar-refractivity contribution < 1.29 is 32.4 Å². The normalized spacial score (nSPS) is 34.5. The average Bonchev–Trinajstić information content (AvgIpc) is 2.72. The van der Waals surface area contributed by atoms with Crippen molar-refractivity contribution >= 4 is 22.1 Å². The average molecular weight is 278 g/mol. The zero-order chi connectivity index (χ0) is 13.5. The number of aliphatic carboxylic acids is 1. The van der Waals surface area contributed by atoms with E-state index in [0.717, 1.165) is 0 Å². The summed E-state index contributed by atoms with van der Waals surface area (Å²) in [4.78, 5) is 22.2. The summed E-state index contributed by atoms with van der Waals surface area (Å²) in [6.07, 6.45) is 1.32. The summed E-state index contributed by atoms with van der Waals surface area (Å²) in [5.74, 6) is -3.56. The summed E-state index contributed by atoms with van der Waals surface area (Å²) in [5, 5.41) is 9.00. The van der Waals surface area contributed by atoms with Crippen LogP contribution in [-0.4, -0.2) is 41.9 Å². The first-order valence-electron chi connectivity index (χ1n) is 5.63. The largest absolute Gasteiger partial charge is 0.481 e. The minimum absolute atomic E-state index is 0.222.